The highest BCUT2D eigenvalue weighted by molar-refractivity contribution is 5.74. The normalized spacial score (nSPS) is 23.3. The fourth-order valence-corrected chi connectivity index (χ4v) is 2.38. The molecule has 20 heavy (non-hydrogen) atoms. The third kappa shape index (κ3) is 4.21. The van der Waals surface area contributed by atoms with Crippen LogP contribution in [0.2, 0.25) is 0 Å². The molecule has 1 aromatic carbocycles. The van der Waals surface area contributed by atoms with Crippen molar-refractivity contribution in [2.24, 2.45) is 0 Å². The number of nitrogens with one attached hydrogen (secondary N) is 2. The van der Waals surface area contributed by atoms with Crippen molar-refractivity contribution in [2.75, 3.05) is 13.2 Å². The van der Waals surface area contributed by atoms with Crippen molar-refractivity contribution < 1.29 is 14.6 Å². The molecule has 110 valence electrons. The molecule has 0 saturated carbocycles. The molecule has 1 heterocycles. The molecule has 0 radical (unpaired) electrons. The predicted molar refractivity (Wildman–Crippen MR) is 76.5 cm³/mol. The van der Waals surface area contributed by atoms with Crippen molar-refractivity contribution >= 4 is 6.03 Å². The van der Waals surface area contributed by atoms with Crippen LogP contribution in [-0.2, 0) is 11.2 Å². The lowest BCUT2D eigenvalue weighted by Gasteiger charge is -2.20. The van der Waals surface area contributed by atoms with E-state index in [1.807, 2.05) is 37.3 Å². The Labute approximate surface area is 119 Å². The minimum absolute atomic E-state index is 0.0439. The van der Waals surface area contributed by atoms with E-state index in [0.29, 0.717) is 13.0 Å². The fraction of sp³-hybridized carbons (Fsp3) is 0.533. The zero-order valence-corrected chi connectivity index (χ0v) is 11.7. The number of benzene rings is 1. The van der Waals surface area contributed by atoms with E-state index in [4.69, 9.17) is 4.74 Å². The fourth-order valence-electron chi connectivity index (χ4n) is 2.38. The standard InChI is InChI=1S/C15H22N2O3/c1-11-14(7-8-20-11)17-15(19)16-13(10-18)9-12-5-3-2-4-6-12/h2-6,11,13-14,18H,7-10H2,1H3,(H2,16,17,19)/t11-,13-,14+/m0/s1. The van der Waals surface area contributed by atoms with Crippen LogP contribution in [0.5, 0.6) is 0 Å². The Morgan fingerprint density at radius 1 is 1.45 bits per heavy atom. The highest BCUT2D eigenvalue weighted by Crippen LogP contribution is 2.12. The SMILES string of the molecule is C[C@@H]1OCC[C@H]1NC(=O)N[C@H](CO)Cc1ccccc1. The maximum atomic E-state index is 11.9. The summed E-state index contributed by atoms with van der Waals surface area (Å²) in [5.74, 6) is 0. The first-order valence-corrected chi connectivity index (χ1v) is 7.02. The summed E-state index contributed by atoms with van der Waals surface area (Å²) in [6, 6.07) is 9.31. The van der Waals surface area contributed by atoms with E-state index in [9.17, 15) is 9.90 Å². The maximum Gasteiger partial charge on any atom is 0.315 e. The second-order valence-electron chi connectivity index (χ2n) is 5.16. The Hall–Kier alpha value is -1.59. The van der Waals surface area contributed by atoms with Gasteiger partial charge in [0.05, 0.1) is 24.8 Å². The number of urea groups is 1. The highest BCUT2D eigenvalue weighted by atomic mass is 16.5. The molecular weight excluding hydrogens is 256 g/mol. The first-order valence-electron chi connectivity index (χ1n) is 7.02. The zero-order chi connectivity index (χ0) is 14.4. The van der Waals surface area contributed by atoms with E-state index in [0.717, 1.165) is 12.0 Å². The zero-order valence-electron chi connectivity index (χ0n) is 11.7. The molecule has 5 nitrogen and oxygen atoms in total. The van der Waals surface area contributed by atoms with Gasteiger partial charge < -0.3 is 20.5 Å². The van der Waals surface area contributed by atoms with Crippen molar-refractivity contribution in [2.45, 2.75) is 38.0 Å². The molecule has 1 fully saturated rings. The van der Waals surface area contributed by atoms with E-state index in [2.05, 4.69) is 10.6 Å². The van der Waals surface area contributed by atoms with Crippen LogP contribution in [0.15, 0.2) is 30.3 Å². The second kappa shape index (κ2) is 7.26. The van der Waals surface area contributed by atoms with Crippen LogP contribution in [0.25, 0.3) is 0 Å². The number of aliphatic hydroxyl groups is 1. The molecule has 0 unspecified atom stereocenters. The molecule has 0 aromatic heterocycles. The Morgan fingerprint density at radius 3 is 2.80 bits per heavy atom. The summed E-state index contributed by atoms with van der Waals surface area (Å²) >= 11 is 0. The molecule has 0 bridgehead atoms. The van der Waals surface area contributed by atoms with Gasteiger partial charge in [0.25, 0.3) is 0 Å². The third-order valence-electron chi connectivity index (χ3n) is 3.57. The highest BCUT2D eigenvalue weighted by Gasteiger charge is 2.26. The topological polar surface area (TPSA) is 70.6 Å². The molecule has 3 atom stereocenters. The lowest BCUT2D eigenvalue weighted by Crippen LogP contribution is -2.49. The number of ether oxygens (including phenoxy) is 1. The van der Waals surface area contributed by atoms with Gasteiger partial charge in [-0.25, -0.2) is 4.79 Å². The van der Waals surface area contributed by atoms with Crippen molar-refractivity contribution in [3.8, 4) is 0 Å². The maximum absolute atomic E-state index is 11.9. The summed E-state index contributed by atoms with van der Waals surface area (Å²) < 4.78 is 5.40. The van der Waals surface area contributed by atoms with Gasteiger partial charge in [-0.15, -0.1) is 0 Å². The summed E-state index contributed by atoms with van der Waals surface area (Å²) in [6.45, 7) is 2.55. The number of amides is 2. The smallest absolute Gasteiger partial charge is 0.315 e. The molecule has 1 aromatic rings. The minimum Gasteiger partial charge on any atom is -0.394 e. The van der Waals surface area contributed by atoms with Gasteiger partial charge in [-0.3, -0.25) is 0 Å². The van der Waals surface area contributed by atoms with E-state index >= 15 is 0 Å². The van der Waals surface area contributed by atoms with Crippen molar-refractivity contribution in [3.05, 3.63) is 35.9 Å². The van der Waals surface area contributed by atoms with Crippen molar-refractivity contribution in [1.82, 2.24) is 10.6 Å². The van der Waals surface area contributed by atoms with Crippen LogP contribution in [0.1, 0.15) is 18.9 Å². The molecule has 3 N–H and O–H groups in total. The van der Waals surface area contributed by atoms with Crippen LogP contribution in [0.4, 0.5) is 4.79 Å². The van der Waals surface area contributed by atoms with Crippen LogP contribution < -0.4 is 10.6 Å². The molecule has 0 aliphatic carbocycles. The summed E-state index contributed by atoms with van der Waals surface area (Å²) in [5.41, 5.74) is 1.09. The van der Waals surface area contributed by atoms with Crippen LogP contribution in [0, 0.1) is 0 Å². The van der Waals surface area contributed by atoms with Gasteiger partial charge in [0.1, 0.15) is 0 Å². The lowest BCUT2D eigenvalue weighted by molar-refractivity contribution is 0.114. The number of hydrogen-bond acceptors (Lipinski definition) is 3. The minimum atomic E-state index is -0.282. The first-order chi connectivity index (χ1) is 9.69. The van der Waals surface area contributed by atoms with Gasteiger partial charge in [-0.05, 0) is 25.3 Å². The van der Waals surface area contributed by atoms with E-state index in [1.165, 1.54) is 0 Å². The monoisotopic (exact) mass is 278 g/mol. The van der Waals surface area contributed by atoms with E-state index in [1.54, 1.807) is 0 Å². The van der Waals surface area contributed by atoms with Crippen LogP contribution in [0.3, 0.4) is 0 Å². The van der Waals surface area contributed by atoms with Crippen molar-refractivity contribution in [1.29, 1.82) is 0 Å². The number of hydrogen-bond donors (Lipinski definition) is 3. The van der Waals surface area contributed by atoms with Gasteiger partial charge in [-0.1, -0.05) is 30.3 Å². The van der Waals surface area contributed by atoms with Crippen LogP contribution in [-0.4, -0.2) is 42.5 Å². The molecular formula is C15H22N2O3. The van der Waals surface area contributed by atoms with Crippen molar-refractivity contribution in [3.63, 3.8) is 0 Å². The Bertz CT molecular complexity index is 424. The molecule has 0 spiro atoms. The Morgan fingerprint density at radius 2 is 2.20 bits per heavy atom. The summed E-state index contributed by atoms with van der Waals surface area (Å²) in [6.07, 6.45) is 1.49. The quantitative estimate of drug-likeness (QED) is 0.754. The first kappa shape index (κ1) is 14.8. The van der Waals surface area contributed by atoms with E-state index < -0.39 is 0 Å². The number of aliphatic hydroxyl groups excluding tert-OH is 1. The Kier molecular flexibility index (Phi) is 5.38. The third-order valence-corrected chi connectivity index (χ3v) is 3.57. The summed E-state index contributed by atoms with van der Waals surface area (Å²) in [4.78, 5) is 11.9. The predicted octanol–water partition coefficient (Wildman–Crippen LogP) is 1.07. The van der Waals surface area contributed by atoms with Gasteiger partial charge in [-0.2, -0.15) is 0 Å². The average molecular weight is 278 g/mol. The molecule has 2 amide bonds. The Balaban J connectivity index is 1.81. The second-order valence-corrected chi connectivity index (χ2v) is 5.16. The average Bonchev–Trinajstić information content (AvgIpc) is 2.84. The summed E-state index contributed by atoms with van der Waals surface area (Å²) in [7, 11) is 0. The number of carbonyl (C=O) groups is 1. The lowest BCUT2D eigenvalue weighted by atomic mass is 10.1. The van der Waals surface area contributed by atoms with Gasteiger partial charge in [0.15, 0.2) is 0 Å². The number of rotatable bonds is 5. The van der Waals surface area contributed by atoms with Gasteiger partial charge >= 0.3 is 6.03 Å². The molecule has 1 saturated heterocycles. The molecule has 1 aliphatic rings. The summed E-state index contributed by atoms with van der Waals surface area (Å²) in [5, 5.41) is 15.1. The molecule has 1 aliphatic heterocycles. The van der Waals surface area contributed by atoms with E-state index in [-0.39, 0.29) is 30.8 Å². The molecule has 5 heteroatoms. The van der Waals surface area contributed by atoms with Crippen LogP contribution >= 0.6 is 0 Å². The van der Waals surface area contributed by atoms with Gasteiger partial charge in [0.2, 0.25) is 0 Å². The molecule has 2 rings (SSSR count). The number of carbonyl (C=O) groups excluding carboxylic acids is 1. The largest absolute Gasteiger partial charge is 0.394 e. The van der Waals surface area contributed by atoms with Gasteiger partial charge in [0, 0.05) is 6.61 Å².